The van der Waals surface area contributed by atoms with Crippen LogP contribution in [-0.4, -0.2) is 39.3 Å². The van der Waals surface area contributed by atoms with Crippen LogP contribution in [0.1, 0.15) is 65.7 Å². The zero-order valence-corrected chi connectivity index (χ0v) is 21.4. The number of carbonyl (C=O) groups is 3. The van der Waals surface area contributed by atoms with E-state index in [0.29, 0.717) is 35.7 Å². The second kappa shape index (κ2) is 12.0. The van der Waals surface area contributed by atoms with Gasteiger partial charge in [0.2, 0.25) is 5.91 Å². The van der Waals surface area contributed by atoms with Gasteiger partial charge in [-0.2, -0.15) is 5.26 Å². The average Bonchev–Trinajstić information content (AvgIpc) is 3.24. The first-order valence-electron chi connectivity index (χ1n) is 12.0. The SMILES string of the molecule is CC(=O)c1nc(-c2ccc(CC(CCC(N)=O)NC(=O)c3ccc(OC(C)C)c(C#N)c3)cc2)cn1C. The molecule has 0 aliphatic carbocycles. The molecule has 0 saturated heterocycles. The predicted octanol–water partition coefficient (Wildman–Crippen LogP) is 3.56. The first-order valence-corrected chi connectivity index (χ1v) is 12.0. The Kier molecular flexibility index (Phi) is 8.80. The molecule has 37 heavy (non-hydrogen) atoms. The molecule has 2 aromatic carbocycles. The van der Waals surface area contributed by atoms with E-state index in [1.54, 1.807) is 29.9 Å². The summed E-state index contributed by atoms with van der Waals surface area (Å²) in [6, 6.07) is 14.1. The van der Waals surface area contributed by atoms with Crippen LogP contribution < -0.4 is 15.8 Å². The Hall–Kier alpha value is -4.45. The smallest absolute Gasteiger partial charge is 0.251 e. The summed E-state index contributed by atoms with van der Waals surface area (Å²) < 4.78 is 7.32. The maximum absolute atomic E-state index is 13.0. The zero-order chi connectivity index (χ0) is 27.1. The molecule has 0 bridgehead atoms. The van der Waals surface area contributed by atoms with Crippen molar-refractivity contribution in [3.05, 3.63) is 71.2 Å². The Morgan fingerprint density at radius 3 is 2.43 bits per heavy atom. The highest BCUT2D eigenvalue weighted by Crippen LogP contribution is 2.22. The summed E-state index contributed by atoms with van der Waals surface area (Å²) in [5.41, 5.74) is 8.44. The second-order valence-corrected chi connectivity index (χ2v) is 9.18. The van der Waals surface area contributed by atoms with Gasteiger partial charge in [-0.15, -0.1) is 0 Å². The monoisotopic (exact) mass is 501 g/mol. The number of ketones is 1. The maximum Gasteiger partial charge on any atom is 0.251 e. The number of hydrogen-bond donors (Lipinski definition) is 2. The highest BCUT2D eigenvalue weighted by atomic mass is 16.5. The molecule has 3 aromatic rings. The van der Waals surface area contributed by atoms with Crippen molar-refractivity contribution in [3.63, 3.8) is 0 Å². The molecule has 0 spiro atoms. The number of aromatic nitrogens is 2. The molecule has 0 saturated carbocycles. The van der Waals surface area contributed by atoms with Crippen LogP contribution in [0.4, 0.5) is 0 Å². The third-order valence-electron chi connectivity index (χ3n) is 5.72. The lowest BCUT2D eigenvalue weighted by Gasteiger charge is -2.19. The summed E-state index contributed by atoms with van der Waals surface area (Å²) in [6.07, 6.45) is 2.65. The van der Waals surface area contributed by atoms with Crippen molar-refractivity contribution in [3.8, 4) is 23.1 Å². The molecule has 192 valence electrons. The van der Waals surface area contributed by atoms with E-state index < -0.39 is 5.91 Å². The van der Waals surface area contributed by atoms with E-state index >= 15 is 0 Å². The number of primary amides is 1. The largest absolute Gasteiger partial charge is 0.490 e. The molecule has 1 atom stereocenters. The van der Waals surface area contributed by atoms with Crippen LogP contribution >= 0.6 is 0 Å². The Morgan fingerprint density at radius 1 is 1.16 bits per heavy atom. The van der Waals surface area contributed by atoms with Gasteiger partial charge in [0.1, 0.15) is 11.8 Å². The summed E-state index contributed by atoms with van der Waals surface area (Å²) in [5.74, 6) is -0.112. The molecule has 3 N–H and O–H groups in total. The molecule has 0 fully saturated rings. The molecule has 2 amide bonds. The predicted molar refractivity (Wildman–Crippen MR) is 139 cm³/mol. The van der Waals surface area contributed by atoms with Crippen molar-refractivity contribution < 1.29 is 19.1 Å². The van der Waals surface area contributed by atoms with E-state index in [2.05, 4.69) is 16.4 Å². The van der Waals surface area contributed by atoms with Crippen LogP contribution in [-0.2, 0) is 18.3 Å². The third-order valence-corrected chi connectivity index (χ3v) is 5.72. The van der Waals surface area contributed by atoms with Crippen molar-refractivity contribution in [2.45, 2.75) is 52.2 Å². The summed E-state index contributed by atoms with van der Waals surface area (Å²) in [5, 5.41) is 12.4. The number of benzene rings is 2. The lowest BCUT2D eigenvalue weighted by Crippen LogP contribution is -2.37. The van der Waals surface area contributed by atoms with Gasteiger partial charge in [0, 0.05) is 43.8 Å². The first kappa shape index (κ1) is 27.1. The lowest BCUT2D eigenvalue weighted by molar-refractivity contribution is -0.118. The first-order chi connectivity index (χ1) is 17.6. The van der Waals surface area contributed by atoms with Crippen LogP contribution in [0.2, 0.25) is 0 Å². The van der Waals surface area contributed by atoms with E-state index in [-0.39, 0.29) is 35.8 Å². The maximum atomic E-state index is 13.0. The van der Waals surface area contributed by atoms with E-state index in [9.17, 15) is 19.6 Å². The number of nitrogens with zero attached hydrogens (tertiary/aromatic N) is 3. The van der Waals surface area contributed by atoms with Crippen molar-refractivity contribution in [1.82, 2.24) is 14.9 Å². The van der Waals surface area contributed by atoms with Crippen molar-refractivity contribution in [2.75, 3.05) is 0 Å². The number of nitriles is 1. The molecule has 0 aliphatic heterocycles. The Labute approximate surface area is 216 Å². The minimum absolute atomic E-state index is 0.106. The van der Waals surface area contributed by atoms with Crippen LogP contribution in [0, 0.1) is 11.3 Å². The van der Waals surface area contributed by atoms with Crippen LogP contribution in [0.5, 0.6) is 5.75 Å². The molecule has 1 aromatic heterocycles. The van der Waals surface area contributed by atoms with Gasteiger partial charge < -0.3 is 20.4 Å². The van der Waals surface area contributed by atoms with Crippen LogP contribution in [0.3, 0.4) is 0 Å². The van der Waals surface area contributed by atoms with Gasteiger partial charge in [0.05, 0.1) is 17.4 Å². The fraction of sp³-hybridized carbons (Fsp3) is 0.321. The summed E-state index contributed by atoms with van der Waals surface area (Å²) in [4.78, 5) is 40.5. The summed E-state index contributed by atoms with van der Waals surface area (Å²) >= 11 is 0. The average molecular weight is 502 g/mol. The van der Waals surface area contributed by atoms with E-state index in [4.69, 9.17) is 10.5 Å². The molecule has 1 heterocycles. The third kappa shape index (κ3) is 7.27. The number of imidazole rings is 1. The Bertz CT molecular complexity index is 1340. The van der Waals surface area contributed by atoms with Gasteiger partial charge in [-0.3, -0.25) is 14.4 Å². The molecule has 0 radical (unpaired) electrons. The van der Waals surface area contributed by atoms with E-state index in [0.717, 1.165) is 11.1 Å². The summed E-state index contributed by atoms with van der Waals surface area (Å²) in [7, 11) is 1.78. The topological polar surface area (TPSA) is 140 Å². The second-order valence-electron chi connectivity index (χ2n) is 9.18. The van der Waals surface area contributed by atoms with Gasteiger partial charge >= 0.3 is 0 Å². The van der Waals surface area contributed by atoms with Gasteiger partial charge in [-0.05, 0) is 50.5 Å². The molecule has 3 rings (SSSR count). The van der Waals surface area contributed by atoms with Crippen molar-refractivity contribution in [2.24, 2.45) is 12.8 Å². The van der Waals surface area contributed by atoms with E-state index in [1.807, 2.05) is 38.1 Å². The molecule has 1 unspecified atom stereocenters. The molecular weight excluding hydrogens is 470 g/mol. The number of aryl methyl sites for hydroxylation is 1. The number of ether oxygens (including phenoxy) is 1. The van der Waals surface area contributed by atoms with Crippen LogP contribution in [0.25, 0.3) is 11.3 Å². The Morgan fingerprint density at radius 2 is 1.86 bits per heavy atom. The number of amides is 2. The van der Waals surface area contributed by atoms with E-state index in [1.165, 1.54) is 13.0 Å². The van der Waals surface area contributed by atoms with Gasteiger partial charge in [-0.25, -0.2) is 4.98 Å². The number of nitrogens with two attached hydrogens (primary N) is 1. The highest BCUT2D eigenvalue weighted by Gasteiger charge is 2.18. The normalized spacial score (nSPS) is 11.6. The summed E-state index contributed by atoms with van der Waals surface area (Å²) in [6.45, 7) is 5.19. The fourth-order valence-electron chi connectivity index (χ4n) is 3.95. The number of rotatable bonds is 11. The minimum atomic E-state index is -0.451. The number of hydrogen-bond acceptors (Lipinski definition) is 6. The zero-order valence-electron chi connectivity index (χ0n) is 21.4. The number of carbonyl (C=O) groups excluding carboxylic acids is 3. The van der Waals surface area contributed by atoms with Crippen LogP contribution in [0.15, 0.2) is 48.7 Å². The highest BCUT2D eigenvalue weighted by molar-refractivity contribution is 5.95. The van der Waals surface area contributed by atoms with Crippen molar-refractivity contribution in [1.29, 1.82) is 5.26 Å². The molecule has 0 aliphatic rings. The number of nitrogens with one attached hydrogen (secondary N) is 1. The molecule has 9 heteroatoms. The quantitative estimate of drug-likeness (QED) is 0.385. The number of Topliss-reactive ketones (excluding diaryl/α,β-unsaturated/α-hetero) is 1. The minimum Gasteiger partial charge on any atom is -0.490 e. The van der Waals surface area contributed by atoms with Gasteiger partial charge in [0.25, 0.3) is 5.91 Å². The standard InChI is InChI=1S/C28H31N5O4/c1-17(2)37-25-11-9-21(14-22(25)15-29)28(36)31-23(10-12-26(30)35)13-19-5-7-20(8-6-19)24-16-33(4)27(32-24)18(3)34/h5-9,11,14,16-17,23H,10,12-13H2,1-4H3,(H2,30,35)(H,31,36). The molecule has 9 nitrogen and oxygen atoms in total. The lowest BCUT2D eigenvalue weighted by atomic mass is 9.99. The molecular formula is C28H31N5O4. The fourth-order valence-corrected chi connectivity index (χ4v) is 3.95. The van der Waals surface area contributed by atoms with Crippen molar-refractivity contribution >= 4 is 17.6 Å². The Balaban J connectivity index is 1.76. The van der Waals surface area contributed by atoms with Gasteiger partial charge in [-0.1, -0.05) is 24.3 Å². The van der Waals surface area contributed by atoms with Gasteiger partial charge in [0.15, 0.2) is 11.6 Å².